The Balaban J connectivity index is 0.000000260. The van der Waals surface area contributed by atoms with Crippen molar-refractivity contribution in [3.8, 4) is 0 Å². The SMILES string of the molecule is O=S(=O)(O)CCNC1CCCCC1.O=S(=O)(O)CCNC1CCCCC1. The second-order valence-corrected chi connectivity index (χ2v) is 10.3. The fourth-order valence-electron chi connectivity index (χ4n) is 3.40. The van der Waals surface area contributed by atoms with Crippen LogP contribution in [0.5, 0.6) is 0 Å². The number of rotatable bonds is 8. The van der Waals surface area contributed by atoms with Gasteiger partial charge in [0.05, 0.1) is 11.5 Å². The summed E-state index contributed by atoms with van der Waals surface area (Å²) in [4.78, 5) is 0. The topological polar surface area (TPSA) is 133 Å². The number of nitrogens with one attached hydrogen (secondary N) is 2. The number of hydrogen-bond acceptors (Lipinski definition) is 6. The van der Waals surface area contributed by atoms with Crippen LogP contribution in [-0.2, 0) is 20.2 Å². The molecule has 0 atom stereocenters. The molecule has 0 heterocycles. The number of hydrogen-bond donors (Lipinski definition) is 4. The highest BCUT2D eigenvalue weighted by Gasteiger charge is 2.14. The minimum absolute atomic E-state index is 0.177. The zero-order valence-electron chi connectivity index (χ0n) is 15.4. The summed E-state index contributed by atoms with van der Waals surface area (Å²) in [5, 5.41) is 6.28. The minimum atomic E-state index is -3.79. The van der Waals surface area contributed by atoms with Gasteiger partial charge in [0.2, 0.25) is 0 Å². The molecule has 26 heavy (non-hydrogen) atoms. The summed E-state index contributed by atoms with van der Waals surface area (Å²) in [6.45, 7) is 0.729. The summed E-state index contributed by atoms with van der Waals surface area (Å²) in [5.74, 6) is -0.354. The molecule has 2 fully saturated rings. The van der Waals surface area contributed by atoms with E-state index < -0.39 is 20.2 Å². The molecule has 0 unspecified atom stereocenters. The first kappa shape index (κ1) is 23.8. The first-order valence-corrected chi connectivity index (χ1v) is 12.7. The van der Waals surface area contributed by atoms with Crippen LogP contribution < -0.4 is 10.6 Å². The van der Waals surface area contributed by atoms with Crippen LogP contribution in [0.3, 0.4) is 0 Å². The van der Waals surface area contributed by atoms with E-state index in [-0.39, 0.29) is 11.5 Å². The van der Waals surface area contributed by atoms with E-state index in [1.807, 2.05) is 0 Å². The highest BCUT2D eigenvalue weighted by molar-refractivity contribution is 7.86. The van der Waals surface area contributed by atoms with Crippen LogP contribution in [0.15, 0.2) is 0 Å². The molecule has 0 aromatic rings. The van der Waals surface area contributed by atoms with Crippen LogP contribution in [0.2, 0.25) is 0 Å². The maximum absolute atomic E-state index is 10.4. The Morgan fingerprint density at radius 2 is 0.923 bits per heavy atom. The van der Waals surface area contributed by atoms with E-state index in [0.717, 1.165) is 25.7 Å². The largest absolute Gasteiger partial charge is 0.313 e. The highest BCUT2D eigenvalue weighted by Crippen LogP contribution is 2.17. The Kier molecular flexibility index (Phi) is 11.2. The van der Waals surface area contributed by atoms with Crippen molar-refractivity contribution in [2.45, 2.75) is 76.3 Å². The Morgan fingerprint density at radius 1 is 0.615 bits per heavy atom. The summed E-state index contributed by atoms with van der Waals surface area (Å²) < 4.78 is 58.5. The first-order valence-electron chi connectivity index (χ1n) is 9.53. The van der Waals surface area contributed by atoms with Crippen molar-refractivity contribution in [2.75, 3.05) is 24.6 Å². The molecular weight excluding hydrogens is 380 g/mol. The van der Waals surface area contributed by atoms with Crippen molar-refractivity contribution in [3.63, 3.8) is 0 Å². The van der Waals surface area contributed by atoms with Crippen molar-refractivity contribution in [1.29, 1.82) is 0 Å². The molecule has 0 saturated heterocycles. The lowest BCUT2D eigenvalue weighted by atomic mass is 9.96. The lowest BCUT2D eigenvalue weighted by Gasteiger charge is -2.22. The van der Waals surface area contributed by atoms with Crippen LogP contribution >= 0.6 is 0 Å². The average molecular weight is 415 g/mol. The molecule has 2 aliphatic carbocycles. The fraction of sp³-hybridized carbons (Fsp3) is 1.00. The Bertz CT molecular complexity index is 516. The van der Waals surface area contributed by atoms with Crippen molar-refractivity contribution >= 4 is 20.2 Å². The van der Waals surface area contributed by atoms with E-state index >= 15 is 0 Å². The van der Waals surface area contributed by atoms with E-state index in [1.165, 1.54) is 38.5 Å². The smallest absolute Gasteiger partial charge is 0.266 e. The van der Waals surface area contributed by atoms with Gasteiger partial charge in [0.15, 0.2) is 0 Å². The summed E-state index contributed by atoms with van der Waals surface area (Å²) >= 11 is 0. The van der Waals surface area contributed by atoms with Gasteiger partial charge in [-0.1, -0.05) is 38.5 Å². The molecule has 2 saturated carbocycles. The van der Waals surface area contributed by atoms with Gasteiger partial charge in [0, 0.05) is 25.2 Å². The van der Waals surface area contributed by atoms with E-state index in [9.17, 15) is 16.8 Å². The third kappa shape index (κ3) is 13.9. The van der Waals surface area contributed by atoms with E-state index in [1.54, 1.807) is 0 Å². The van der Waals surface area contributed by atoms with Gasteiger partial charge in [0.25, 0.3) is 20.2 Å². The standard InChI is InChI=1S/2C8H17NO3S/c2*10-13(11,12)7-6-9-8-4-2-1-3-5-8/h2*8-9H,1-7H2,(H,10,11,12). The summed E-state index contributed by atoms with van der Waals surface area (Å²) in [6.07, 6.45) is 12.0. The van der Waals surface area contributed by atoms with Gasteiger partial charge in [-0.25, -0.2) is 0 Å². The normalized spacial score (nSPS) is 20.4. The minimum Gasteiger partial charge on any atom is -0.313 e. The maximum atomic E-state index is 10.4. The Labute approximate surface area is 158 Å². The quantitative estimate of drug-likeness (QED) is 0.440. The zero-order valence-corrected chi connectivity index (χ0v) is 17.0. The molecule has 156 valence electrons. The predicted molar refractivity (Wildman–Crippen MR) is 103 cm³/mol. The van der Waals surface area contributed by atoms with Crippen molar-refractivity contribution in [3.05, 3.63) is 0 Å². The lowest BCUT2D eigenvalue weighted by molar-refractivity contribution is 0.378. The Morgan fingerprint density at radius 3 is 1.19 bits per heavy atom. The van der Waals surface area contributed by atoms with E-state index in [4.69, 9.17) is 9.11 Å². The van der Waals surface area contributed by atoms with Gasteiger partial charge in [0.1, 0.15) is 0 Å². The first-order chi connectivity index (χ1) is 12.2. The lowest BCUT2D eigenvalue weighted by Crippen LogP contribution is -2.34. The van der Waals surface area contributed by atoms with Crippen LogP contribution in [0.25, 0.3) is 0 Å². The fourth-order valence-corrected chi connectivity index (χ4v) is 4.15. The van der Waals surface area contributed by atoms with Gasteiger partial charge >= 0.3 is 0 Å². The van der Waals surface area contributed by atoms with Crippen molar-refractivity contribution < 1.29 is 25.9 Å². The molecule has 0 bridgehead atoms. The van der Waals surface area contributed by atoms with E-state index in [0.29, 0.717) is 25.2 Å². The predicted octanol–water partition coefficient (Wildman–Crippen LogP) is 1.59. The molecule has 10 heteroatoms. The average Bonchev–Trinajstić information content (AvgIpc) is 2.55. The van der Waals surface area contributed by atoms with Gasteiger partial charge < -0.3 is 10.6 Å². The van der Waals surface area contributed by atoms with Gasteiger partial charge in [-0.05, 0) is 25.7 Å². The monoisotopic (exact) mass is 414 g/mol. The molecule has 2 rings (SSSR count). The van der Waals surface area contributed by atoms with E-state index in [2.05, 4.69) is 10.6 Å². The third-order valence-electron chi connectivity index (χ3n) is 4.80. The third-order valence-corrected chi connectivity index (χ3v) is 6.24. The second-order valence-electron chi connectivity index (χ2n) is 7.15. The van der Waals surface area contributed by atoms with Crippen LogP contribution in [0.4, 0.5) is 0 Å². The Hall–Kier alpha value is -0.260. The molecule has 0 aromatic heterocycles. The maximum Gasteiger partial charge on any atom is 0.266 e. The molecule has 2 aliphatic rings. The molecule has 0 aliphatic heterocycles. The van der Waals surface area contributed by atoms with Gasteiger partial charge in [-0.3, -0.25) is 9.11 Å². The molecule has 8 nitrogen and oxygen atoms in total. The molecule has 0 spiro atoms. The zero-order chi connectivity index (χ0) is 19.5. The molecule has 0 aromatic carbocycles. The van der Waals surface area contributed by atoms with Crippen LogP contribution in [-0.4, -0.2) is 62.6 Å². The van der Waals surface area contributed by atoms with Crippen LogP contribution in [0, 0.1) is 0 Å². The summed E-state index contributed by atoms with van der Waals surface area (Å²) in [5.41, 5.74) is 0. The van der Waals surface area contributed by atoms with Gasteiger partial charge in [-0.2, -0.15) is 16.8 Å². The highest BCUT2D eigenvalue weighted by atomic mass is 32.2. The summed E-state index contributed by atoms with van der Waals surface area (Å²) in [7, 11) is -7.57. The molecular formula is C16H34N2O6S2. The second kappa shape index (κ2) is 12.2. The van der Waals surface area contributed by atoms with Crippen LogP contribution in [0.1, 0.15) is 64.2 Å². The molecule has 0 radical (unpaired) electrons. The van der Waals surface area contributed by atoms with Gasteiger partial charge in [-0.15, -0.1) is 0 Å². The summed E-state index contributed by atoms with van der Waals surface area (Å²) in [6, 6.07) is 0.908. The molecule has 4 N–H and O–H groups in total. The van der Waals surface area contributed by atoms with Crippen molar-refractivity contribution in [1.82, 2.24) is 10.6 Å². The van der Waals surface area contributed by atoms with Crippen molar-refractivity contribution in [2.24, 2.45) is 0 Å². The molecule has 0 amide bonds.